The summed E-state index contributed by atoms with van der Waals surface area (Å²) in [5.41, 5.74) is 0.716. The lowest BCUT2D eigenvalue weighted by atomic mass is 9.80. The van der Waals surface area contributed by atoms with Gasteiger partial charge in [-0.1, -0.05) is 11.6 Å². The van der Waals surface area contributed by atoms with E-state index in [4.69, 9.17) is 16.3 Å². The molecule has 2 aliphatic rings. The number of carbonyl (C=O) groups is 2. The monoisotopic (exact) mass is 459 g/mol. The summed E-state index contributed by atoms with van der Waals surface area (Å²) < 4.78 is 5.72. The zero-order valence-corrected chi connectivity index (χ0v) is 18.3. The van der Waals surface area contributed by atoms with Gasteiger partial charge in [0.15, 0.2) is 0 Å². The zero-order valence-electron chi connectivity index (χ0n) is 15.9. The molecule has 1 aromatic carbocycles. The number of benzene rings is 1. The van der Waals surface area contributed by atoms with Crippen molar-refractivity contribution in [2.24, 2.45) is 0 Å². The molecule has 1 spiro atoms. The number of aryl methyl sites for hydroxylation is 1. The average Bonchev–Trinajstić information content (AvgIpc) is 3.45. The standard InChI is InChI=1S/C21H18ClN3O3S2/c22-13-3-5-15(6-4-13)28-11-18-23-14(12-30-18)10-25-19(26)21(24-20(25)27)8-1-2-17-16(21)7-9-29-17/h3-7,9,12H,1-2,8,10-11H2,(H,24,27). The third-order valence-corrected chi connectivity index (χ3v) is 7.54. The number of hydrogen-bond acceptors (Lipinski definition) is 6. The second-order valence-electron chi connectivity index (χ2n) is 7.31. The van der Waals surface area contributed by atoms with Crippen LogP contribution in [0.15, 0.2) is 41.1 Å². The molecule has 1 saturated heterocycles. The highest BCUT2D eigenvalue weighted by molar-refractivity contribution is 7.10. The van der Waals surface area contributed by atoms with Crippen LogP contribution in [0.4, 0.5) is 4.79 Å². The highest BCUT2D eigenvalue weighted by atomic mass is 35.5. The number of aromatic nitrogens is 1. The van der Waals surface area contributed by atoms with E-state index in [0.29, 0.717) is 29.5 Å². The van der Waals surface area contributed by atoms with Crippen molar-refractivity contribution in [3.05, 3.63) is 67.3 Å². The summed E-state index contributed by atoms with van der Waals surface area (Å²) in [6.45, 7) is 0.470. The van der Waals surface area contributed by atoms with E-state index in [1.54, 1.807) is 35.6 Å². The number of fused-ring (bicyclic) bond motifs is 2. The van der Waals surface area contributed by atoms with Crippen LogP contribution in [0.2, 0.25) is 5.02 Å². The van der Waals surface area contributed by atoms with Gasteiger partial charge in [-0.3, -0.25) is 9.69 Å². The number of nitrogens with zero attached hydrogens (tertiary/aromatic N) is 2. The number of nitrogens with one attached hydrogen (secondary N) is 1. The van der Waals surface area contributed by atoms with Gasteiger partial charge < -0.3 is 10.1 Å². The lowest BCUT2D eigenvalue weighted by molar-refractivity contribution is -0.132. The Bertz CT molecular complexity index is 1110. The smallest absolute Gasteiger partial charge is 0.325 e. The minimum absolute atomic E-state index is 0.156. The van der Waals surface area contributed by atoms with E-state index in [9.17, 15) is 9.59 Å². The van der Waals surface area contributed by atoms with Crippen molar-refractivity contribution in [3.63, 3.8) is 0 Å². The molecule has 2 aromatic heterocycles. The summed E-state index contributed by atoms with van der Waals surface area (Å²) >= 11 is 8.98. The normalized spacial score (nSPS) is 20.5. The number of thiophene rings is 1. The van der Waals surface area contributed by atoms with Gasteiger partial charge in [0.05, 0.1) is 12.2 Å². The summed E-state index contributed by atoms with van der Waals surface area (Å²) in [4.78, 5) is 33.0. The highest BCUT2D eigenvalue weighted by Crippen LogP contribution is 2.42. The third-order valence-electron chi connectivity index (χ3n) is 5.43. The molecule has 6 nitrogen and oxygen atoms in total. The Balaban J connectivity index is 1.28. The number of rotatable bonds is 5. The first kappa shape index (κ1) is 19.5. The fraction of sp³-hybridized carbons (Fsp3) is 0.286. The molecule has 5 rings (SSSR count). The summed E-state index contributed by atoms with van der Waals surface area (Å²) in [7, 11) is 0. The fourth-order valence-electron chi connectivity index (χ4n) is 4.01. The number of ether oxygens (including phenoxy) is 1. The molecule has 0 saturated carbocycles. The minimum atomic E-state index is -0.915. The van der Waals surface area contributed by atoms with Crippen LogP contribution in [0.1, 0.15) is 34.0 Å². The molecule has 3 heterocycles. The molecule has 9 heteroatoms. The predicted octanol–water partition coefficient (Wildman–Crippen LogP) is 4.72. The van der Waals surface area contributed by atoms with Crippen molar-refractivity contribution in [2.45, 2.75) is 38.0 Å². The van der Waals surface area contributed by atoms with Crippen LogP contribution >= 0.6 is 34.3 Å². The van der Waals surface area contributed by atoms with E-state index in [1.165, 1.54) is 21.1 Å². The number of urea groups is 1. The van der Waals surface area contributed by atoms with Crippen molar-refractivity contribution < 1.29 is 14.3 Å². The Kier molecular flexibility index (Phi) is 5.00. The van der Waals surface area contributed by atoms with Gasteiger partial charge in [0.1, 0.15) is 22.9 Å². The Labute approximate surface area is 186 Å². The van der Waals surface area contributed by atoms with Gasteiger partial charge in [-0.05, 0) is 55.0 Å². The first-order chi connectivity index (χ1) is 14.5. The van der Waals surface area contributed by atoms with Crippen molar-refractivity contribution in [2.75, 3.05) is 0 Å². The van der Waals surface area contributed by atoms with Gasteiger partial charge in [0, 0.05) is 20.8 Å². The Hall–Kier alpha value is -2.42. The van der Waals surface area contributed by atoms with E-state index in [2.05, 4.69) is 10.3 Å². The maximum absolute atomic E-state index is 13.3. The summed E-state index contributed by atoms with van der Waals surface area (Å²) in [6.07, 6.45) is 2.48. The fourth-order valence-corrected chi connectivity index (χ4v) is 5.83. The van der Waals surface area contributed by atoms with Crippen LogP contribution in [0, 0.1) is 0 Å². The van der Waals surface area contributed by atoms with E-state index >= 15 is 0 Å². The number of thiazole rings is 1. The lowest BCUT2D eigenvalue weighted by Crippen LogP contribution is -2.46. The Morgan fingerprint density at radius 3 is 2.87 bits per heavy atom. The summed E-state index contributed by atoms with van der Waals surface area (Å²) in [5, 5.41) is 8.26. The molecule has 1 fully saturated rings. The molecule has 1 atom stereocenters. The van der Waals surface area contributed by atoms with Crippen LogP contribution in [0.5, 0.6) is 5.75 Å². The summed E-state index contributed by atoms with van der Waals surface area (Å²) in [5.74, 6) is 0.523. The second-order valence-corrected chi connectivity index (χ2v) is 9.69. The molecule has 3 amide bonds. The molecule has 1 N–H and O–H groups in total. The Morgan fingerprint density at radius 1 is 1.20 bits per heavy atom. The molecule has 1 unspecified atom stereocenters. The molecule has 0 radical (unpaired) electrons. The number of carbonyl (C=O) groups excluding carboxylic acids is 2. The Morgan fingerprint density at radius 2 is 2.03 bits per heavy atom. The van der Waals surface area contributed by atoms with E-state index in [0.717, 1.165) is 23.4 Å². The van der Waals surface area contributed by atoms with Gasteiger partial charge in [-0.15, -0.1) is 22.7 Å². The van der Waals surface area contributed by atoms with E-state index in [-0.39, 0.29) is 18.5 Å². The van der Waals surface area contributed by atoms with Crippen molar-refractivity contribution in [1.82, 2.24) is 15.2 Å². The zero-order chi connectivity index (χ0) is 20.7. The minimum Gasteiger partial charge on any atom is -0.486 e. The van der Waals surface area contributed by atoms with Gasteiger partial charge >= 0.3 is 6.03 Å². The summed E-state index contributed by atoms with van der Waals surface area (Å²) in [6, 6.07) is 8.74. The number of hydrogen-bond donors (Lipinski definition) is 1. The predicted molar refractivity (Wildman–Crippen MR) is 116 cm³/mol. The van der Waals surface area contributed by atoms with Gasteiger partial charge in [-0.25, -0.2) is 9.78 Å². The van der Waals surface area contributed by atoms with Crippen LogP contribution in [0.25, 0.3) is 0 Å². The van der Waals surface area contributed by atoms with Crippen LogP contribution in [-0.4, -0.2) is 21.8 Å². The van der Waals surface area contributed by atoms with Crippen molar-refractivity contribution >= 4 is 46.2 Å². The maximum Gasteiger partial charge on any atom is 0.325 e. The molecule has 1 aliphatic heterocycles. The molecule has 1 aliphatic carbocycles. The van der Waals surface area contributed by atoms with Crippen molar-refractivity contribution in [1.29, 1.82) is 0 Å². The number of imide groups is 1. The van der Waals surface area contributed by atoms with Gasteiger partial charge in [0.2, 0.25) is 0 Å². The molecular weight excluding hydrogens is 442 g/mol. The van der Waals surface area contributed by atoms with Gasteiger partial charge in [-0.2, -0.15) is 0 Å². The molecule has 0 bridgehead atoms. The molecular formula is C21H18ClN3O3S2. The third kappa shape index (κ3) is 3.38. The first-order valence-electron chi connectivity index (χ1n) is 9.58. The quantitative estimate of drug-likeness (QED) is 0.560. The average molecular weight is 460 g/mol. The largest absolute Gasteiger partial charge is 0.486 e. The van der Waals surface area contributed by atoms with Crippen molar-refractivity contribution in [3.8, 4) is 5.75 Å². The van der Waals surface area contributed by atoms with E-state index < -0.39 is 5.54 Å². The van der Waals surface area contributed by atoms with Crippen LogP contribution in [-0.2, 0) is 29.9 Å². The molecule has 30 heavy (non-hydrogen) atoms. The van der Waals surface area contributed by atoms with Crippen LogP contribution in [0.3, 0.4) is 0 Å². The highest BCUT2D eigenvalue weighted by Gasteiger charge is 2.54. The molecule has 3 aromatic rings. The lowest BCUT2D eigenvalue weighted by Gasteiger charge is -2.31. The number of amides is 3. The SMILES string of the molecule is O=C1NC2(CCCc3sccc32)C(=O)N1Cc1csc(COc2ccc(Cl)cc2)n1. The second kappa shape index (κ2) is 7.68. The van der Waals surface area contributed by atoms with Gasteiger partial charge in [0.25, 0.3) is 5.91 Å². The maximum atomic E-state index is 13.3. The topological polar surface area (TPSA) is 71.5 Å². The number of halogens is 1. The van der Waals surface area contributed by atoms with Crippen LogP contribution < -0.4 is 10.1 Å². The van der Waals surface area contributed by atoms with E-state index in [1.807, 2.05) is 16.8 Å². The molecule has 154 valence electrons. The first-order valence-corrected chi connectivity index (χ1v) is 11.7.